The second kappa shape index (κ2) is 10.9. The highest BCUT2D eigenvalue weighted by Crippen LogP contribution is 2.14. The number of piperazine rings is 1. The Kier molecular flexibility index (Phi) is 8.54. The van der Waals surface area contributed by atoms with E-state index in [1.54, 1.807) is 0 Å². The van der Waals surface area contributed by atoms with Crippen LogP contribution >= 0.6 is 12.4 Å². The Labute approximate surface area is 174 Å². The molecule has 156 valence electrons. The Bertz CT molecular complexity index is 816. The minimum atomic E-state index is -0.674. The van der Waals surface area contributed by atoms with Gasteiger partial charge in [0, 0.05) is 32.2 Å². The fourth-order valence-corrected chi connectivity index (χ4v) is 3.28. The second-order valence-electron chi connectivity index (χ2n) is 6.83. The summed E-state index contributed by atoms with van der Waals surface area (Å²) in [7, 11) is 0. The molecule has 0 saturated carbocycles. The zero-order chi connectivity index (χ0) is 19.9. The molecule has 1 aliphatic heterocycles. The number of nitrogens with zero attached hydrogens (tertiary/aromatic N) is 1. The number of hydrogen-bond donors (Lipinski definition) is 2. The minimum Gasteiger partial charge on any atom is -0.356 e. The van der Waals surface area contributed by atoms with Crippen LogP contribution in [0.1, 0.15) is 17.5 Å². The summed E-state index contributed by atoms with van der Waals surface area (Å²) in [4.78, 5) is 26.3. The molecule has 29 heavy (non-hydrogen) atoms. The van der Waals surface area contributed by atoms with Gasteiger partial charge in [-0.25, -0.2) is 8.78 Å². The average Bonchev–Trinajstić information content (AvgIpc) is 2.65. The molecule has 0 spiro atoms. The number of nitrogens with one attached hydrogen (secondary N) is 2. The third-order valence-corrected chi connectivity index (χ3v) is 4.65. The van der Waals surface area contributed by atoms with Crippen LogP contribution in [-0.2, 0) is 22.6 Å². The summed E-state index contributed by atoms with van der Waals surface area (Å²) < 4.78 is 26.7. The molecule has 0 radical (unpaired) electrons. The van der Waals surface area contributed by atoms with Crippen LogP contribution < -0.4 is 10.6 Å². The lowest BCUT2D eigenvalue weighted by Crippen LogP contribution is -2.55. The SMILES string of the molecule is Cl.O=C(CC1NCCN(Cc2cc(F)cc(F)c2)C1=O)NCCc1ccccc1. The van der Waals surface area contributed by atoms with Crippen molar-refractivity contribution >= 4 is 24.2 Å². The predicted molar refractivity (Wildman–Crippen MR) is 109 cm³/mol. The van der Waals surface area contributed by atoms with Crippen LogP contribution in [0.25, 0.3) is 0 Å². The Hall–Kier alpha value is -2.51. The monoisotopic (exact) mass is 423 g/mol. The quantitative estimate of drug-likeness (QED) is 0.719. The summed E-state index contributed by atoms with van der Waals surface area (Å²) >= 11 is 0. The molecule has 1 saturated heterocycles. The Morgan fingerprint density at radius 1 is 1.10 bits per heavy atom. The molecule has 2 aromatic rings. The van der Waals surface area contributed by atoms with Gasteiger partial charge in [0.25, 0.3) is 0 Å². The van der Waals surface area contributed by atoms with Crippen molar-refractivity contribution in [1.29, 1.82) is 0 Å². The van der Waals surface area contributed by atoms with Crippen molar-refractivity contribution in [3.8, 4) is 0 Å². The van der Waals surface area contributed by atoms with Crippen molar-refractivity contribution in [2.75, 3.05) is 19.6 Å². The smallest absolute Gasteiger partial charge is 0.240 e. The molecule has 3 rings (SSSR count). The molecule has 2 N–H and O–H groups in total. The van der Waals surface area contributed by atoms with Gasteiger partial charge in [0.2, 0.25) is 11.8 Å². The van der Waals surface area contributed by atoms with Gasteiger partial charge in [-0.3, -0.25) is 9.59 Å². The molecule has 0 aromatic heterocycles. The van der Waals surface area contributed by atoms with Gasteiger partial charge in [-0.05, 0) is 29.7 Å². The Balaban J connectivity index is 0.00000300. The van der Waals surface area contributed by atoms with Crippen molar-refractivity contribution in [1.82, 2.24) is 15.5 Å². The lowest BCUT2D eigenvalue weighted by molar-refractivity contribution is -0.138. The van der Waals surface area contributed by atoms with E-state index in [2.05, 4.69) is 10.6 Å². The molecule has 1 unspecified atom stereocenters. The molecular weight excluding hydrogens is 400 g/mol. The maximum Gasteiger partial charge on any atom is 0.240 e. The first kappa shape index (κ1) is 22.8. The molecule has 1 fully saturated rings. The molecular formula is C21H24ClF2N3O2. The van der Waals surface area contributed by atoms with Crippen LogP contribution in [0.5, 0.6) is 0 Å². The van der Waals surface area contributed by atoms with Gasteiger partial charge in [0.15, 0.2) is 0 Å². The van der Waals surface area contributed by atoms with Gasteiger partial charge >= 0.3 is 0 Å². The number of rotatable bonds is 7. The van der Waals surface area contributed by atoms with E-state index in [1.807, 2.05) is 30.3 Å². The third-order valence-electron chi connectivity index (χ3n) is 4.65. The summed E-state index contributed by atoms with van der Waals surface area (Å²) in [6.07, 6.45) is 0.748. The summed E-state index contributed by atoms with van der Waals surface area (Å²) in [6.45, 7) is 1.55. The summed E-state index contributed by atoms with van der Waals surface area (Å²) in [5.41, 5.74) is 1.52. The van der Waals surface area contributed by atoms with E-state index in [0.29, 0.717) is 25.2 Å². The van der Waals surface area contributed by atoms with E-state index in [0.717, 1.165) is 18.1 Å². The lowest BCUT2D eigenvalue weighted by Gasteiger charge is -2.33. The van der Waals surface area contributed by atoms with Gasteiger partial charge in [-0.15, -0.1) is 12.4 Å². The van der Waals surface area contributed by atoms with Crippen molar-refractivity contribution in [2.45, 2.75) is 25.4 Å². The first-order valence-electron chi connectivity index (χ1n) is 9.29. The number of amides is 2. The third kappa shape index (κ3) is 6.80. The van der Waals surface area contributed by atoms with Gasteiger partial charge in [-0.1, -0.05) is 30.3 Å². The molecule has 0 aliphatic carbocycles. The van der Waals surface area contributed by atoms with Gasteiger partial charge in [0.1, 0.15) is 11.6 Å². The average molecular weight is 424 g/mol. The van der Waals surface area contributed by atoms with Crippen LogP contribution in [0.4, 0.5) is 8.78 Å². The first-order valence-corrected chi connectivity index (χ1v) is 9.29. The van der Waals surface area contributed by atoms with Gasteiger partial charge in [-0.2, -0.15) is 0 Å². The molecule has 5 nitrogen and oxygen atoms in total. The topological polar surface area (TPSA) is 61.4 Å². The van der Waals surface area contributed by atoms with Crippen LogP contribution in [0, 0.1) is 11.6 Å². The maximum absolute atomic E-state index is 13.4. The summed E-state index contributed by atoms with van der Waals surface area (Å²) in [6, 6.07) is 12.4. The largest absolute Gasteiger partial charge is 0.356 e. The predicted octanol–water partition coefficient (Wildman–Crippen LogP) is 2.44. The van der Waals surface area contributed by atoms with E-state index >= 15 is 0 Å². The molecule has 0 bridgehead atoms. The van der Waals surface area contributed by atoms with Crippen LogP contribution in [0.3, 0.4) is 0 Å². The van der Waals surface area contributed by atoms with E-state index in [-0.39, 0.29) is 37.2 Å². The fraction of sp³-hybridized carbons (Fsp3) is 0.333. The standard InChI is InChI=1S/C21H23F2N3O2.ClH/c22-17-10-16(11-18(23)12-17)14-26-9-8-24-19(21(26)28)13-20(27)25-7-6-15-4-2-1-3-5-15;/h1-5,10-12,19,24H,6-9,13-14H2,(H,25,27);1H. The number of hydrogen-bond acceptors (Lipinski definition) is 3. The summed E-state index contributed by atoms with van der Waals surface area (Å²) in [5.74, 6) is -1.80. The Morgan fingerprint density at radius 2 is 1.79 bits per heavy atom. The molecule has 1 atom stereocenters. The highest BCUT2D eigenvalue weighted by Gasteiger charge is 2.30. The zero-order valence-corrected chi connectivity index (χ0v) is 16.7. The number of benzene rings is 2. The lowest BCUT2D eigenvalue weighted by atomic mass is 10.1. The minimum absolute atomic E-state index is 0. The molecule has 2 aromatic carbocycles. The van der Waals surface area contributed by atoms with Crippen molar-refractivity contribution in [3.05, 3.63) is 71.3 Å². The van der Waals surface area contributed by atoms with E-state index in [1.165, 1.54) is 17.0 Å². The van der Waals surface area contributed by atoms with Crippen molar-refractivity contribution in [3.63, 3.8) is 0 Å². The number of halogens is 3. The van der Waals surface area contributed by atoms with E-state index in [4.69, 9.17) is 0 Å². The van der Waals surface area contributed by atoms with Crippen molar-refractivity contribution in [2.24, 2.45) is 0 Å². The zero-order valence-electron chi connectivity index (χ0n) is 15.9. The van der Waals surface area contributed by atoms with Crippen molar-refractivity contribution < 1.29 is 18.4 Å². The highest BCUT2D eigenvalue weighted by atomic mass is 35.5. The first-order chi connectivity index (χ1) is 13.5. The van der Waals surface area contributed by atoms with Gasteiger partial charge < -0.3 is 15.5 Å². The van der Waals surface area contributed by atoms with E-state index < -0.39 is 17.7 Å². The highest BCUT2D eigenvalue weighted by molar-refractivity contribution is 5.88. The van der Waals surface area contributed by atoms with Crippen LogP contribution in [0.15, 0.2) is 48.5 Å². The van der Waals surface area contributed by atoms with Crippen LogP contribution in [0.2, 0.25) is 0 Å². The fourth-order valence-electron chi connectivity index (χ4n) is 3.28. The van der Waals surface area contributed by atoms with E-state index in [9.17, 15) is 18.4 Å². The number of carbonyl (C=O) groups is 2. The molecule has 2 amide bonds. The number of carbonyl (C=O) groups excluding carboxylic acids is 2. The molecule has 8 heteroatoms. The Morgan fingerprint density at radius 3 is 2.48 bits per heavy atom. The molecule has 1 aliphatic rings. The summed E-state index contributed by atoms with van der Waals surface area (Å²) in [5, 5.41) is 5.88. The van der Waals surface area contributed by atoms with Crippen LogP contribution in [-0.4, -0.2) is 42.4 Å². The maximum atomic E-state index is 13.4. The van der Waals surface area contributed by atoms with Gasteiger partial charge in [0.05, 0.1) is 12.5 Å². The molecule has 1 heterocycles. The second-order valence-corrected chi connectivity index (χ2v) is 6.83. The normalized spacial score (nSPS) is 16.3.